The molecule has 0 radical (unpaired) electrons. The third kappa shape index (κ3) is 3.28. The average molecular weight is 413 g/mol. The number of hydrogen-bond donors (Lipinski definition) is 1. The molecule has 0 spiro atoms. The van der Waals surface area contributed by atoms with Crippen molar-refractivity contribution in [2.45, 2.75) is 17.7 Å². The quantitative estimate of drug-likeness (QED) is 0.655. The Morgan fingerprint density at radius 3 is 2.45 bits per heavy atom. The van der Waals surface area contributed by atoms with Crippen molar-refractivity contribution in [3.63, 3.8) is 0 Å². The van der Waals surface area contributed by atoms with Crippen molar-refractivity contribution in [3.05, 3.63) is 59.3 Å². The summed E-state index contributed by atoms with van der Waals surface area (Å²) in [5.74, 6) is 0.238. The lowest BCUT2D eigenvalue weighted by molar-refractivity contribution is 0.0592. The highest BCUT2D eigenvalue weighted by atomic mass is 32.2. The molecule has 3 aromatic rings. The molecule has 0 unspecified atom stereocenters. The molecule has 2 aromatic carbocycles. The van der Waals surface area contributed by atoms with Crippen molar-refractivity contribution in [1.82, 2.24) is 9.78 Å². The molecule has 0 atom stereocenters. The number of nitrogens with zero attached hydrogens (tertiary/aromatic N) is 2. The largest absolute Gasteiger partial charge is 0.497 e. The van der Waals surface area contributed by atoms with Crippen LogP contribution in [-0.2, 0) is 27.6 Å². The van der Waals surface area contributed by atoms with E-state index < -0.39 is 16.0 Å². The Morgan fingerprint density at radius 1 is 1.10 bits per heavy atom. The maximum Gasteiger partial charge on any atom is 0.358 e. The number of esters is 1. The van der Waals surface area contributed by atoms with Crippen molar-refractivity contribution in [3.8, 4) is 22.7 Å². The van der Waals surface area contributed by atoms with Crippen LogP contribution in [0.3, 0.4) is 0 Å². The van der Waals surface area contributed by atoms with Gasteiger partial charge in [-0.3, -0.25) is 0 Å². The van der Waals surface area contributed by atoms with E-state index in [9.17, 15) is 13.2 Å². The van der Waals surface area contributed by atoms with Crippen LogP contribution in [0.5, 0.6) is 5.75 Å². The SMILES string of the molecule is COC(=O)c1nn(-c2ccc(S(N)(=O)=O)cc2)c2c1CCc1cc(OC)ccc1-2. The van der Waals surface area contributed by atoms with Gasteiger partial charge in [-0.05, 0) is 60.9 Å². The van der Waals surface area contributed by atoms with E-state index in [4.69, 9.17) is 14.6 Å². The van der Waals surface area contributed by atoms with Gasteiger partial charge in [-0.1, -0.05) is 0 Å². The van der Waals surface area contributed by atoms with E-state index in [2.05, 4.69) is 5.10 Å². The smallest absolute Gasteiger partial charge is 0.358 e. The fourth-order valence-electron chi connectivity index (χ4n) is 3.58. The molecule has 0 fully saturated rings. The summed E-state index contributed by atoms with van der Waals surface area (Å²) in [7, 11) is -0.876. The van der Waals surface area contributed by atoms with E-state index in [1.54, 1.807) is 23.9 Å². The first kappa shape index (κ1) is 19.2. The Balaban J connectivity index is 1.93. The Bertz CT molecular complexity index is 1210. The lowest BCUT2D eigenvalue weighted by Crippen LogP contribution is -2.12. The van der Waals surface area contributed by atoms with Crippen LogP contribution in [0.15, 0.2) is 47.4 Å². The molecule has 29 heavy (non-hydrogen) atoms. The monoisotopic (exact) mass is 413 g/mol. The van der Waals surface area contributed by atoms with Gasteiger partial charge >= 0.3 is 5.97 Å². The van der Waals surface area contributed by atoms with Gasteiger partial charge in [-0.15, -0.1) is 0 Å². The minimum atomic E-state index is -3.81. The Hall–Kier alpha value is -3.17. The second-order valence-corrected chi connectivity index (χ2v) is 8.20. The van der Waals surface area contributed by atoms with Crippen LogP contribution in [0.25, 0.3) is 16.9 Å². The zero-order valence-electron chi connectivity index (χ0n) is 15.9. The van der Waals surface area contributed by atoms with Crippen molar-refractivity contribution >= 4 is 16.0 Å². The molecule has 1 heterocycles. The number of carbonyl (C=O) groups excluding carboxylic acids is 1. The molecule has 4 rings (SSSR count). The van der Waals surface area contributed by atoms with Crippen LogP contribution in [0, 0.1) is 0 Å². The Morgan fingerprint density at radius 2 is 1.83 bits per heavy atom. The van der Waals surface area contributed by atoms with Gasteiger partial charge in [0.1, 0.15) is 5.75 Å². The lowest BCUT2D eigenvalue weighted by Gasteiger charge is -2.19. The highest BCUT2D eigenvalue weighted by molar-refractivity contribution is 7.89. The summed E-state index contributed by atoms with van der Waals surface area (Å²) in [6, 6.07) is 11.8. The number of nitrogens with two attached hydrogens (primary N) is 1. The highest BCUT2D eigenvalue weighted by Gasteiger charge is 2.29. The fourth-order valence-corrected chi connectivity index (χ4v) is 4.10. The summed E-state index contributed by atoms with van der Waals surface area (Å²) in [5.41, 5.74) is 4.44. The second-order valence-electron chi connectivity index (χ2n) is 6.64. The number of sulfonamides is 1. The van der Waals surface area contributed by atoms with E-state index in [1.165, 1.54) is 19.2 Å². The van der Waals surface area contributed by atoms with E-state index >= 15 is 0 Å². The molecule has 2 N–H and O–H groups in total. The fraction of sp³-hybridized carbons (Fsp3) is 0.200. The summed E-state index contributed by atoms with van der Waals surface area (Å²) in [5, 5.41) is 9.68. The lowest BCUT2D eigenvalue weighted by atomic mass is 9.88. The second kappa shape index (κ2) is 7.02. The number of rotatable bonds is 4. The van der Waals surface area contributed by atoms with Crippen molar-refractivity contribution in [1.29, 1.82) is 0 Å². The van der Waals surface area contributed by atoms with Crippen LogP contribution < -0.4 is 9.88 Å². The molecule has 0 amide bonds. The van der Waals surface area contributed by atoms with Gasteiger partial charge in [0.2, 0.25) is 10.0 Å². The summed E-state index contributed by atoms with van der Waals surface area (Å²) in [4.78, 5) is 12.3. The third-order valence-electron chi connectivity index (χ3n) is 4.98. The number of methoxy groups -OCH3 is 2. The molecule has 9 heteroatoms. The molecule has 1 aliphatic rings. The minimum Gasteiger partial charge on any atom is -0.497 e. The topological polar surface area (TPSA) is 114 Å². The van der Waals surface area contributed by atoms with Crippen molar-refractivity contribution < 1.29 is 22.7 Å². The number of primary sulfonamides is 1. The zero-order chi connectivity index (χ0) is 20.8. The summed E-state index contributed by atoms with van der Waals surface area (Å²) >= 11 is 0. The number of aromatic nitrogens is 2. The van der Waals surface area contributed by atoms with Gasteiger partial charge in [0.25, 0.3) is 0 Å². The molecular weight excluding hydrogens is 394 g/mol. The number of fused-ring (bicyclic) bond motifs is 3. The standard InChI is InChI=1S/C20H19N3O5S/c1-27-14-6-10-16-12(11-14)3-9-17-18(20(24)28-2)22-23(19(16)17)13-4-7-15(8-5-13)29(21,25)26/h4-8,10-11H,3,9H2,1-2H3,(H2,21,25,26). The molecular formula is C20H19N3O5S. The molecule has 0 bridgehead atoms. The maximum absolute atomic E-state index is 12.3. The van der Waals surface area contributed by atoms with Gasteiger partial charge in [0, 0.05) is 11.1 Å². The number of benzene rings is 2. The Labute approximate surface area is 167 Å². The van der Waals surface area contributed by atoms with Gasteiger partial charge in [0.05, 0.1) is 30.5 Å². The molecule has 0 aliphatic heterocycles. The summed E-state index contributed by atoms with van der Waals surface area (Å²) < 4.78 is 35.0. The van der Waals surface area contributed by atoms with Gasteiger partial charge < -0.3 is 9.47 Å². The normalized spacial score (nSPS) is 12.8. The summed E-state index contributed by atoms with van der Waals surface area (Å²) in [6.07, 6.45) is 1.36. The van der Waals surface area contributed by atoms with Crippen molar-refractivity contribution in [2.24, 2.45) is 5.14 Å². The molecule has 1 aromatic heterocycles. The molecule has 150 valence electrons. The van der Waals surface area contributed by atoms with Crippen LogP contribution in [-0.4, -0.2) is 38.4 Å². The molecule has 8 nitrogen and oxygen atoms in total. The number of carbonyl (C=O) groups is 1. The van der Waals surface area contributed by atoms with Crippen LogP contribution >= 0.6 is 0 Å². The van der Waals surface area contributed by atoms with Gasteiger partial charge in [0.15, 0.2) is 5.69 Å². The number of ether oxygens (including phenoxy) is 2. The van der Waals surface area contributed by atoms with E-state index in [1.807, 2.05) is 18.2 Å². The first-order chi connectivity index (χ1) is 13.8. The van der Waals surface area contributed by atoms with Crippen LogP contribution in [0.1, 0.15) is 21.6 Å². The maximum atomic E-state index is 12.3. The van der Waals surface area contributed by atoms with Gasteiger partial charge in [-0.2, -0.15) is 5.10 Å². The van der Waals surface area contributed by atoms with E-state index in [0.29, 0.717) is 12.1 Å². The Kier molecular flexibility index (Phi) is 4.64. The molecule has 1 aliphatic carbocycles. The molecule has 0 saturated carbocycles. The minimum absolute atomic E-state index is 0.000557. The predicted molar refractivity (Wildman–Crippen MR) is 106 cm³/mol. The first-order valence-electron chi connectivity index (χ1n) is 8.84. The predicted octanol–water partition coefficient (Wildman–Crippen LogP) is 2.08. The summed E-state index contributed by atoms with van der Waals surface area (Å²) in [6.45, 7) is 0. The third-order valence-corrected chi connectivity index (χ3v) is 5.91. The zero-order valence-corrected chi connectivity index (χ0v) is 16.7. The van der Waals surface area contributed by atoms with Gasteiger partial charge in [-0.25, -0.2) is 23.0 Å². The first-order valence-corrected chi connectivity index (χ1v) is 10.4. The van der Waals surface area contributed by atoms with E-state index in [-0.39, 0.29) is 10.6 Å². The van der Waals surface area contributed by atoms with E-state index in [0.717, 1.165) is 34.6 Å². The van der Waals surface area contributed by atoms with Crippen LogP contribution in [0.2, 0.25) is 0 Å². The highest BCUT2D eigenvalue weighted by Crippen LogP contribution is 2.38. The molecule has 0 saturated heterocycles. The van der Waals surface area contributed by atoms with Crippen molar-refractivity contribution in [2.75, 3.05) is 14.2 Å². The average Bonchev–Trinajstić information content (AvgIpc) is 3.12. The number of aryl methyl sites for hydroxylation is 1. The van der Waals surface area contributed by atoms with Crippen LogP contribution in [0.4, 0.5) is 0 Å². The number of hydrogen-bond acceptors (Lipinski definition) is 6.